The highest BCUT2D eigenvalue weighted by Crippen LogP contribution is 2.27. The van der Waals surface area contributed by atoms with Gasteiger partial charge >= 0.3 is 0 Å². The first-order valence-corrected chi connectivity index (χ1v) is 4.85. The van der Waals surface area contributed by atoms with Crippen LogP contribution in [0.4, 0.5) is 0 Å². The molecule has 16 heavy (non-hydrogen) atoms. The summed E-state index contributed by atoms with van der Waals surface area (Å²) in [5.41, 5.74) is 2.58. The summed E-state index contributed by atoms with van der Waals surface area (Å²) in [4.78, 5) is 0. The smallest absolute Gasteiger partial charge is 0.132 e. The molecule has 4 nitrogen and oxygen atoms in total. The monoisotopic (exact) mass is 214 g/mol. The number of aliphatic hydroxyl groups is 1. The zero-order valence-electron chi connectivity index (χ0n) is 8.71. The summed E-state index contributed by atoms with van der Waals surface area (Å²) in [5, 5.41) is 22.0. The fourth-order valence-corrected chi connectivity index (χ4v) is 1.52. The van der Waals surface area contributed by atoms with Crippen LogP contribution in [0.15, 0.2) is 35.1 Å². The van der Waals surface area contributed by atoms with Gasteiger partial charge in [0.2, 0.25) is 0 Å². The summed E-state index contributed by atoms with van der Waals surface area (Å²) in [5.74, 6) is 0. The molecule has 1 unspecified atom stereocenters. The van der Waals surface area contributed by atoms with E-state index in [1.165, 1.54) is 6.26 Å². The van der Waals surface area contributed by atoms with Crippen LogP contribution in [0, 0.1) is 11.3 Å². The van der Waals surface area contributed by atoms with Crippen LogP contribution in [0.1, 0.15) is 24.3 Å². The Kier molecular flexibility index (Phi) is 2.71. The van der Waals surface area contributed by atoms with Gasteiger partial charge in [-0.15, -0.1) is 0 Å². The zero-order chi connectivity index (χ0) is 11.5. The van der Waals surface area contributed by atoms with E-state index in [0.717, 1.165) is 5.56 Å². The number of aromatic nitrogens is 1. The van der Waals surface area contributed by atoms with Gasteiger partial charge in [-0.3, -0.25) is 0 Å². The molecule has 1 heterocycles. The van der Waals surface area contributed by atoms with E-state index in [9.17, 15) is 5.11 Å². The van der Waals surface area contributed by atoms with Crippen molar-refractivity contribution < 1.29 is 9.63 Å². The van der Waals surface area contributed by atoms with Crippen LogP contribution in [0.5, 0.6) is 0 Å². The summed E-state index contributed by atoms with van der Waals surface area (Å²) < 4.78 is 4.84. The average molecular weight is 214 g/mol. The second-order valence-electron chi connectivity index (χ2n) is 3.48. The van der Waals surface area contributed by atoms with Gasteiger partial charge in [0.1, 0.15) is 12.0 Å². The van der Waals surface area contributed by atoms with Crippen molar-refractivity contribution in [3.63, 3.8) is 0 Å². The van der Waals surface area contributed by atoms with E-state index in [4.69, 9.17) is 9.78 Å². The minimum Gasteiger partial charge on any atom is -0.387 e. The molecule has 0 radical (unpaired) electrons. The highest BCUT2D eigenvalue weighted by atomic mass is 16.5. The van der Waals surface area contributed by atoms with Crippen LogP contribution in [0.2, 0.25) is 0 Å². The van der Waals surface area contributed by atoms with E-state index < -0.39 is 6.10 Å². The highest BCUT2D eigenvalue weighted by molar-refractivity contribution is 5.66. The lowest BCUT2D eigenvalue weighted by molar-refractivity contribution is 0.188. The molecular weight excluding hydrogens is 204 g/mol. The molecule has 1 N–H and O–H groups in total. The third kappa shape index (κ3) is 1.81. The molecule has 0 aliphatic carbocycles. The summed E-state index contributed by atoms with van der Waals surface area (Å²) in [6.07, 6.45) is 0.776. The Balaban J connectivity index is 2.51. The normalized spacial score (nSPS) is 12.1. The van der Waals surface area contributed by atoms with Gasteiger partial charge in [-0.05, 0) is 24.6 Å². The molecule has 0 spiro atoms. The van der Waals surface area contributed by atoms with E-state index in [-0.39, 0.29) is 0 Å². The van der Waals surface area contributed by atoms with Gasteiger partial charge < -0.3 is 9.63 Å². The fraction of sp³-hybridized carbons (Fsp3) is 0.167. The number of rotatable bonds is 2. The third-order valence-corrected chi connectivity index (χ3v) is 2.30. The van der Waals surface area contributed by atoms with Gasteiger partial charge in [0.05, 0.1) is 17.7 Å². The molecule has 0 amide bonds. The SMILES string of the molecule is CC(O)c1nocc1-c1cccc(C#N)c1. The molecule has 80 valence electrons. The Hall–Kier alpha value is -2.12. The molecular formula is C12H10N2O2. The predicted octanol–water partition coefficient (Wildman–Crippen LogP) is 2.27. The fourth-order valence-electron chi connectivity index (χ4n) is 1.52. The first-order valence-electron chi connectivity index (χ1n) is 4.85. The predicted molar refractivity (Wildman–Crippen MR) is 57.3 cm³/mol. The largest absolute Gasteiger partial charge is 0.387 e. The van der Waals surface area contributed by atoms with E-state index in [1.807, 2.05) is 6.07 Å². The Labute approximate surface area is 92.7 Å². The quantitative estimate of drug-likeness (QED) is 0.832. The van der Waals surface area contributed by atoms with Crippen LogP contribution in [0.3, 0.4) is 0 Å². The number of benzene rings is 1. The molecule has 0 saturated carbocycles. The lowest BCUT2D eigenvalue weighted by atomic mass is 10.0. The molecule has 0 fully saturated rings. The first-order chi connectivity index (χ1) is 7.72. The number of nitrogens with zero attached hydrogens (tertiary/aromatic N) is 2. The van der Waals surface area contributed by atoms with Gasteiger partial charge in [-0.25, -0.2) is 0 Å². The van der Waals surface area contributed by atoms with E-state index >= 15 is 0 Å². The Morgan fingerprint density at radius 3 is 3.00 bits per heavy atom. The Bertz CT molecular complexity index is 538. The van der Waals surface area contributed by atoms with Crippen LogP contribution in [0.25, 0.3) is 11.1 Å². The van der Waals surface area contributed by atoms with Gasteiger partial charge in [0.15, 0.2) is 0 Å². The lowest BCUT2D eigenvalue weighted by Gasteiger charge is -2.03. The average Bonchev–Trinajstić information content (AvgIpc) is 2.78. The third-order valence-electron chi connectivity index (χ3n) is 2.30. The van der Waals surface area contributed by atoms with Gasteiger partial charge in [-0.2, -0.15) is 5.26 Å². The van der Waals surface area contributed by atoms with Crippen LogP contribution >= 0.6 is 0 Å². The van der Waals surface area contributed by atoms with Crippen LogP contribution < -0.4 is 0 Å². The zero-order valence-corrected chi connectivity index (χ0v) is 8.71. The number of aliphatic hydroxyl groups excluding tert-OH is 1. The molecule has 0 aliphatic heterocycles. The van der Waals surface area contributed by atoms with E-state index in [0.29, 0.717) is 16.8 Å². The topological polar surface area (TPSA) is 70.1 Å². The Morgan fingerprint density at radius 2 is 2.31 bits per heavy atom. The first kappa shape index (κ1) is 10.4. The number of hydrogen-bond donors (Lipinski definition) is 1. The molecule has 0 aliphatic rings. The highest BCUT2D eigenvalue weighted by Gasteiger charge is 2.14. The van der Waals surface area contributed by atoms with Crippen molar-refractivity contribution in [2.75, 3.05) is 0 Å². The number of hydrogen-bond acceptors (Lipinski definition) is 4. The maximum atomic E-state index is 9.49. The summed E-state index contributed by atoms with van der Waals surface area (Å²) in [6, 6.07) is 9.15. The second-order valence-corrected chi connectivity index (χ2v) is 3.48. The van der Waals surface area contributed by atoms with Crippen molar-refractivity contribution in [1.82, 2.24) is 5.16 Å². The molecule has 2 rings (SSSR count). The molecule has 0 bridgehead atoms. The van der Waals surface area contributed by atoms with Crippen molar-refractivity contribution in [2.45, 2.75) is 13.0 Å². The van der Waals surface area contributed by atoms with Crippen LogP contribution in [-0.2, 0) is 0 Å². The summed E-state index contributed by atoms with van der Waals surface area (Å²) in [6.45, 7) is 1.62. The molecule has 1 atom stereocenters. The van der Waals surface area contributed by atoms with E-state index in [1.54, 1.807) is 25.1 Å². The lowest BCUT2D eigenvalue weighted by Crippen LogP contribution is -1.93. The second kappa shape index (κ2) is 4.17. The van der Waals surface area contributed by atoms with Gasteiger partial charge in [0.25, 0.3) is 0 Å². The minimum atomic E-state index is -0.695. The van der Waals surface area contributed by atoms with Crippen molar-refractivity contribution >= 4 is 0 Å². The Morgan fingerprint density at radius 1 is 1.50 bits per heavy atom. The van der Waals surface area contributed by atoms with Gasteiger partial charge in [-0.1, -0.05) is 17.3 Å². The summed E-state index contributed by atoms with van der Waals surface area (Å²) in [7, 11) is 0. The maximum absolute atomic E-state index is 9.49. The number of nitriles is 1. The molecule has 4 heteroatoms. The molecule has 1 aromatic carbocycles. The summed E-state index contributed by atoms with van der Waals surface area (Å²) >= 11 is 0. The van der Waals surface area contributed by atoms with Crippen molar-refractivity contribution in [3.8, 4) is 17.2 Å². The standard InChI is InChI=1S/C12H10N2O2/c1-8(15)12-11(7-16-14-12)10-4-2-3-9(5-10)6-13/h2-5,7-8,15H,1H3. The van der Waals surface area contributed by atoms with Crippen molar-refractivity contribution in [2.24, 2.45) is 0 Å². The van der Waals surface area contributed by atoms with Crippen molar-refractivity contribution in [3.05, 3.63) is 41.8 Å². The maximum Gasteiger partial charge on any atom is 0.132 e. The van der Waals surface area contributed by atoms with E-state index in [2.05, 4.69) is 11.2 Å². The minimum absolute atomic E-state index is 0.482. The molecule has 2 aromatic rings. The van der Waals surface area contributed by atoms with Crippen LogP contribution in [-0.4, -0.2) is 10.3 Å². The van der Waals surface area contributed by atoms with Crippen molar-refractivity contribution in [1.29, 1.82) is 5.26 Å². The molecule has 0 saturated heterocycles. The van der Waals surface area contributed by atoms with Gasteiger partial charge in [0, 0.05) is 5.56 Å². The molecule has 1 aromatic heterocycles.